The fraction of sp³-hybridized carbons (Fsp3) is 0.450. The number of hydrogen-bond donors (Lipinski definition) is 3. The summed E-state index contributed by atoms with van der Waals surface area (Å²) >= 11 is 0. The standard InChI is InChI=1S/C20H29N5O2/c1-4-5-7-16(10-11-26)25-20-19(12-22-15(3)23-20)27-13-17-8-6-9-18(24-17)14(2)21/h6,8-9,12,16,26H,2,4-5,7,10-11,13,21H2,1,3H3,(H,22,23,25)/t16-/m0/s1. The lowest BCUT2D eigenvalue weighted by Gasteiger charge is -2.20. The highest BCUT2D eigenvalue weighted by molar-refractivity contribution is 5.56. The molecule has 0 saturated heterocycles. The van der Waals surface area contributed by atoms with Crippen molar-refractivity contribution in [2.24, 2.45) is 5.73 Å². The number of aromatic nitrogens is 3. The Balaban J connectivity index is 2.12. The van der Waals surface area contributed by atoms with Gasteiger partial charge >= 0.3 is 0 Å². The molecule has 2 rings (SSSR count). The van der Waals surface area contributed by atoms with Crippen molar-refractivity contribution < 1.29 is 9.84 Å². The van der Waals surface area contributed by atoms with Gasteiger partial charge in [-0.15, -0.1) is 0 Å². The number of aliphatic hydroxyl groups is 1. The number of aliphatic hydroxyl groups excluding tert-OH is 1. The third kappa shape index (κ3) is 6.53. The second kappa shape index (κ2) is 10.5. The molecule has 27 heavy (non-hydrogen) atoms. The maximum Gasteiger partial charge on any atom is 0.180 e. The van der Waals surface area contributed by atoms with Gasteiger partial charge in [0.2, 0.25) is 0 Å². The summed E-state index contributed by atoms with van der Waals surface area (Å²) in [5.41, 5.74) is 7.50. The van der Waals surface area contributed by atoms with Crippen LogP contribution in [-0.2, 0) is 6.61 Å². The van der Waals surface area contributed by atoms with E-state index in [4.69, 9.17) is 10.5 Å². The molecule has 0 saturated carbocycles. The van der Waals surface area contributed by atoms with E-state index in [-0.39, 0.29) is 19.3 Å². The zero-order valence-electron chi connectivity index (χ0n) is 16.1. The van der Waals surface area contributed by atoms with Crippen LogP contribution in [0.3, 0.4) is 0 Å². The van der Waals surface area contributed by atoms with Crippen molar-refractivity contribution in [3.8, 4) is 5.75 Å². The lowest BCUT2D eigenvalue weighted by atomic mass is 10.1. The van der Waals surface area contributed by atoms with E-state index in [0.717, 1.165) is 25.0 Å². The van der Waals surface area contributed by atoms with Gasteiger partial charge in [0.1, 0.15) is 12.4 Å². The van der Waals surface area contributed by atoms with Gasteiger partial charge in [-0.05, 0) is 31.9 Å². The van der Waals surface area contributed by atoms with Crippen molar-refractivity contribution in [3.63, 3.8) is 0 Å². The van der Waals surface area contributed by atoms with Gasteiger partial charge in [0.25, 0.3) is 0 Å². The first kappa shape index (κ1) is 20.6. The number of nitrogens with two attached hydrogens (primary N) is 1. The Bertz CT molecular complexity index is 751. The molecule has 7 nitrogen and oxygen atoms in total. The molecule has 0 spiro atoms. The Labute approximate surface area is 160 Å². The third-order valence-electron chi connectivity index (χ3n) is 4.11. The van der Waals surface area contributed by atoms with Crippen molar-refractivity contribution in [2.75, 3.05) is 11.9 Å². The van der Waals surface area contributed by atoms with Gasteiger partial charge in [-0.1, -0.05) is 32.4 Å². The van der Waals surface area contributed by atoms with Gasteiger partial charge in [-0.2, -0.15) is 0 Å². The summed E-state index contributed by atoms with van der Waals surface area (Å²) in [7, 11) is 0. The smallest absolute Gasteiger partial charge is 0.180 e. The van der Waals surface area contributed by atoms with E-state index in [9.17, 15) is 5.11 Å². The molecule has 0 fully saturated rings. The molecule has 0 bridgehead atoms. The Kier molecular flexibility index (Phi) is 8.00. The predicted molar refractivity (Wildman–Crippen MR) is 107 cm³/mol. The van der Waals surface area contributed by atoms with Crippen molar-refractivity contribution in [3.05, 3.63) is 48.2 Å². The SMILES string of the molecule is C=C(N)c1cccc(COc2cnc(C)nc2N[C@H](CCO)CCCC)n1. The minimum atomic E-state index is 0.126. The van der Waals surface area contributed by atoms with Gasteiger partial charge < -0.3 is 20.9 Å². The van der Waals surface area contributed by atoms with Gasteiger partial charge in [-0.25, -0.2) is 15.0 Å². The monoisotopic (exact) mass is 371 g/mol. The number of anilines is 1. The quantitative estimate of drug-likeness (QED) is 0.557. The van der Waals surface area contributed by atoms with Crippen LogP contribution in [0.4, 0.5) is 5.82 Å². The van der Waals surface area contributed by atoms with Gasteiger partial charge in [0.05, 0.1) is 23.3 Å². The number of unbranched alkanes of at least 4 members (excludes halogenated alkanes) is 1. The zero-order valence-corrected chi connectivity index (χ0v) is 16.1. The first-order valence-electron chi connectivity index (χ1n) is 9.28. The molecule has 2 heterocycles. The Morgan fingerprint density at radius 3 is 2.85 bits per heavy atom. The molecule has 0 aliphatic carbocycles. The van der Waals surface area contributed by atoms with Gasteiger partial charge in [-0.3, -0.25) is 0 Å². The van der Waals surface area contributed by atoms with E-state index in [1.165, 1.54) is 0 Å². The van der Waals surface area contributed by atoms with Crippen LogP contribution in [0, 0.1) is 6.92 Å². The lowest BCUT2D eigenvalue weighted by molar-refractivity contribution is 0.275. The first-order chi connectivity index (χ1) is 13.0. The Morgan fingerprint density at radius 1 is 1.33 bits per heavy atom. The summed E-state index contributed by atoms with van der Waals surface area (Å²) in [6.45, 7) is 8.08. The Morgan fingerprint density at radius 2 is 2.15 bits per heavy atom. The number of hydrogen-bond acceptors (Lipinski definition) is 7. The molecule has 0 aliphatic heterocycles. The second-order valence-electron chi connectivity index (χ2n) is 6.45. The van der Waals surface area contributed by atoms with Gasteiger partial charge in [0, 0.05) is 12.6 Å². The van der Waals surface area contributed by atoms with Crippen LogP contribution in [0.5, 0.6) is 5.75 Å². The normalized spacial score (nSPS) is 11.8. The first-order valence-corrected chi connectivity index (χ1v) is 9.28. The second-order valence-corrected chi connectivity index (χ2v) is 6.45. The number of pyridine rings is 1. The van der Waals surface area contributed by atoms with E-state index in [1.54, 1.807) is 12.3 Å². The molecule has 0 aliphatic rings. The zero-order chi connectivity index (χ0) is 19.6. The number of nitrogens with one attached hydrogen (secondary N) is 1. The van der Waals surface area contributed by atoms with E-state index in [0.29, 0.717) is 35.2 Å². The van der Waals surface area contributed by atoms with Crippen LogP contribution in [0.1, 0.15) is 49.8 Å². The molecule has 7 heteroatoms. The van der Waals surface area contributed by atoms with Crippen LogP contribution in [0.25, 0.3) is 5.70 Å². The van der Waals surface area contributed by atoms with Crippen LogP contribution in [0.2, 0.25) is 0 Å². The number of ether oxygens (including phenoxy) is 1. The fourth-order valence-corrected chi connectivity index (χ4v) is 2.65. The van der Waals surface area contributed by atoms with Crippen LogP contribution in [-0.4, -0.2) is 32.7 Å². The molecule has 0 radical (unpaired) electrons. The highest BCUT2D eigenvalue weighted by Crippen LogP contribution is 2.24. The highest BCUT2D eigenvalue weighted by Gasteiger charge is 2.14. The molecule has 0 unspecified atom stereocenters. The van der Waals surface area contributed by atoms with Crippen molar-refractivity contribution in [1.29, 1.82) is 0 Å². The summed E-state index contributed by atoms with van der Waals surface area (Å²) in [4.78, 5) is 13.1. The molecule has 1 atom stereocenters. The van der Waals surface area contributed by atoms with Crippen LogP contribution >= 0.6 is 0 Å². The predicted octanol–water partition coefficient (Wildman–Crippen LogP) is 3.04. The number of nitrogens with zero attached hydrogens (tertiary/aromatic N) is 3. The number of aryl methyl sites for hydroxylation is 1. The van der Waals surface area contributed by atoms with Crippen molar-refractivity contribution >= 4 is 11.5 Å². The average molecular weight is 371 g/mol. The summed E-state index contributed by atoms with van der Waals surface area (Å²) in [6.07, 6.45) is 5.46. The molecular weight excluding hydrogens is 342 g/mol. The fourth-order valence-electron chi connectivity index (χ4n) is 2.65. The molecule has 4 N–H and O–H groups in total. The van der Waals surface area contributed by atoms with Crippen LogP contribution in [0.15, 0.2) is 31.0 Å². The number of rotatable bonds is 11. The van der Waals surface area contributed by atoms with Crippen molar-refractivity contribution in [2.45, 2.75) is 52.2 Å². The van der Waals surface area contributed by atoms with E-state index in [1.807, 2.05) is 19.1 Å². The van der Waals surface area contributed by atoms with Gasteiger partial charge in [0.15, 0.2) is 11.6 Å². The summed E-state index contributed by atoms with van der Waals surface area (Å²) in [5.74, 6) is 1.85. The summed E-state index contributed by atoms with van der Waals surface area (Å²) < 4.78 is 5.91. The largest absolute Gasteiger partial charge is 0.482 e. The molecule has 146 valence electrons. The topological polar surface area (TPSA) is 106 Å². The molecule has 0 aromatic carbocycles. The molecular formula is C20H29N5O2. The molecule has 2 aromatic heterocycles. The van der Waals surface area contributed by atoms with Crippen molar-refractivity contribution in [1.82, 2.24) is 15.0 Å². The molecule has 2 aromatic rings. The maximum atomic E-state index is 9.33. The summed E-state index contributed by atoms with van der Waals surface area (Å²) in [6, 6.07) is 5.67. The molecule has 0 amide bonds. The van der Waals surface area contributed by atoms with E-state index in [2.05, 4.69) is 33.8 Å². The Hall–Kier alpha value is -2.67. The maximum absolute atomic E-state index is 9.33. The highest BCUT2D eigenvalue weighted by atomic mass is 16.5. The third-order valence-corrected chi connectivity index (χ3v) is 4.11. The van der Waals surface area contributed by atoms with E-state index >= 15 is 0 Å². The average Bonchev–Trinajstić information content (AvgIpc) is 2.66. The van der Waals surface area contributed by atoms with E-state index < -0.39 is 0 Å². The summed E-state index contributed by atoms with van der Waals surface area (Å²) in [5, 5.41) is 12.7. The van der Waals surface area contributed by atoms with Crippen LogP contribution < -0.4 is 15.8 Å². The minimum absolute atomic E-state index is 0.126. The minimum Gasteiger partial charge on any atom is -0.482 e. The lowest BCUT2D eigenvalue weighted by Crippen LogP contribution is -2.22.